The Morgan fingerprint density at radius 2 is 2.22 bits per heavy atom. The van der Waals surface area contributed by atoms with E-state index in [-0.39, 0.29) is 0 Å². The summed E-state index contributed by atoms with van der Waals surface area (Å²) in [6.07, 6.45) is 1.84. The van der Waals surface area contributed by atoms with Crippen LogP contribution in [0.5, 0.6) is 5.75 Å². The van der Waals surface area contributed by atoms with E-state index in [4.69, 9.17) is 16.3 Å². The number of ether oxygens (including phenoxy) is 1. The van der Waals surface area contributed by atoms with Crippen molar-refractivity contribution in [2.24, 2.45) is 0 Å². The molecule has 2 nitrogen and oxygen atoms in total. The molecule has 0 aromatic heterocycles. The van der Waals surface area contributed by atoms with Gasteiger partial charge in [0.05, 0.1) is 11.6 Å². The van der Waals surface area contributed by atoms with Crippen molar-refractivity contribution in [3.05, 3.63) is 28.8 Å². The Morgan fingerprint density at radius 1 is 1.39 bits per heavy atom. The molecule has 98 valence electrons. The number of rotatable bonds is 7. The zero-order chi connectivity index (χ0) is 13.2. The first kappa shape index (κ1) is 14.9. The molecule has 1 N–H and O–H groups in total. The number of para-hydroxylation sites is 1. The van der Waals surface area contributed by atoms with Crippen LogP contribution in [0, 0.1) is 11.8 Å². The van der Waals surface area contributed by atoms with Crippen LogP contribution in [0.3, 0.4) is 0 Å². The summed E-state index contributed by atoms with van der Waals surface area (Å²) in [5.74, 6) is 6.60. The standard InChI is InChI=1S/C15H20ClNO/c1-3-5-6-11-18-15-13(12-17-10-4-2)8-7-9-14(15)16/h7-9,17H,4,6,10-12H2,1-2H3. The Labute approximate surface area is 115 Å². The number of nitrogens with one attached hydrogen (secondary N) is 1. The van der Waals surface area contributed by atoms with Crippen molar-refractivity contribution in [3.8, 4) is 17.6 Å². The summed E-state index contributed by atoms with van der Waals surface area (Å²) in [4.78, 5) is 0. The highest BCUT2D eigenvalue weighted by molar-refractivity contribution is 6.32. The number of halogens is 1. The van der Waals surface area contributed by atoms with E-state index in [0.29, 0.717) is 11.6 Å². The van der Waals surface area contributed by atoms with E-state index in [2.05, 4.69) is 24.1 Å². The Morgan fingerprint density at radius 3 is 2.94 bits per heavy atom. The minimum absolute atomic E-state index is 0.575. The number of benzene rings is 1. The van der Waals surface area contributed by atoms with Gasteiger partial charge in [-0.3, -0.25) is 0 Å². The summed E-state index contributed by atoms with van der Waals surface area (Å²) in [5.41, 5.74) is 1.10. The van der Waals surface area contributed by atoms with Crippen molar-refractivity contribution in [2.75, 3.05) is 13.2 Å². The lowest BCUT2D eigenvalue weighted by Crippen LogP contribution is -2.15. The summed E-state index contributed by atoms with van der Waals surface area (Å²) in [7, 11) is 0. The van der Waals surface area contributed by atoms with Gasteiger partial charge < -0.3 is 10.1 Å². The Balaban J connectivity index is 2.63. The van der Waals surface area contributed by atoms with Crippen molar-refractivity contribution in [3.63, 3.8) is 0 Å². The van der Waals surface area contributed by atoms with Crippen molar-refractivity contribution in [1.82, 2.24) is 5.32 Å². The molecule has 0 aliphatic heterocycles. The van der Waals surface area contributed by atoms with Gasteiger partial charge in [0.15, 0.2) is 0 Å². The predicted molar refractivity (Wildman–Crippen MR) is 77.0 cm³/mol. The first-order valence-electron chi connectivity index (χ1n) is 6.30. The third-order valence-electron chi connectivity index (χ3n) is 2.44. The SMILES string of the molecule is CC#CCCOc1c(Cl)cccc1CNCCC. The zero-order valence-corrected chi connectivity index (χ0v) is 11.8. The normalized spacial score (nSPS) is 9.72. The molecule has 0 amide bonds. The van der Waals surface area contributed by atoms with E-state index < -0.39 is 0 Å². The minimum Gasteiger partial charge on any atom is -0.491 e. The van der Waals surface area contributed by atoms with Gasteiger partial charge in [0.2, 0.25) is 0 Å². The molecule has 3 heteroatoms. The molecule has 0 unspecified atom stereocenters. The fraction of sp³-hybridized carbons (Fsp3) is 0.467. The molecule has 18 heavy (non-hydrogen) atoms. The molecule has 0 saturated carbocycles. The number of hydrogen-bond donors (Lipinski definition) is 1. The third kappa shape index (κ3) is 5.00. The van der Waals surface area contributed by atoms with Gasteiger partial charge in [-0.25, -0.2) is 0 Å². The van der Waals surface area contributed by atoms with Crippen molar-refractivity contribution >= 4 is 11.6 Å². The maximum atomic E-state index is 6.17. The topological polar surface area (TPSA) is 21.3 Å². The summed E-state index contributed by atoms with van der Waals surface area (Å²) in [5, 5.41) is 4.02. The van der Waals surface area contributed by atoms with Crippen molar-refractivity contribution in [1.29, 1.82) is 0 Å². The molecular formula is C15H20ClNO. The average Bonchev–Trinajstić information content (AvgIpc) is 2.37. The van der Waals surface area contributed by atoms with Gasteiger partial charge in [0, 0.05) is 18.5 Å². The van der Waals surface area contributed by atoms with Crippen LogP contribution in [0.25, 0.3) is 0 Å². The second-order valence-electron chi connectivity index (χ2n) is 3.93. The second kappa shape index (κ2) is 8.85. The highest BCUT2D eigenvalue weighted by Crippen LogP contribution is 2.28. The molecule has 1 rings (SSSR count). The fourth-order valence-electron chi connectivity index (χ4n) is 1.58. The quantitative estimate of drug-likeness (QED) is 0.600. The van der Waals surface area contributed by atoms with Crippen LogP contribution in [0.15, 0.2) is 18.2 Å². The van der Waals surface area contributed by atoms with Crippen LogP contribution in [-0.4, -0.2) is 13.2 Å². The monoisotopic (exact) mass is 265 g/mol. The molecule has 0 aliphatic carbocycles. The maximum Gasteiger partial charge on any atom is 0.142 e. The van der Waals surface area contributed by atoms with Gasteiger partial charge in [-0.2, -0.15) is 0 Å². The van der Waals surface area contributed by atoms with Crippen LogP contribution in [0.1, 0.15) is 32.3 Å². The van der Waals surface area contributed by atoms with Crippen LogP contribution in [0.2, 0.25) is 5.02 Å². The molecule has 0 fully saturated rings. The molecule has 0 saturated heterocycles. The van der Waals surface area contributed by atoms with Gasteiger partial charge in [-0.15, -0.1) is 11.8 Å². The van der Waals surface area contributed by atoms with Gasteiger partial charge >= 0.3 is 0 Å². The lowest BCUT2D eigenvalue weighted by atomic mass is 10.2. The highest BCUT2D eigenvalue weighted by Gasteiger charge is 2.07. The molecule has 0 radical (unpaired) electrons. The van der Waals surface area contributed by atoms with E-state index in [1.807, 2.05) is 25.1 Å². The highest BCUT2D eigenvalue weighted by atomic mass is 35.5. The minimum atomic E-state index is 0.575. The summed E-state index contributed by atoms with van der Waals surface area (Å²) in [6.45, 7) is 6.32. The van der Waals surface area contributed by atoms with Crippen molar-refractivity contribution in [2.45, 2.75) is 33.2 Å². The predicted octanol–water partition coefficient (Wildman–Crippen LogP) is 3.63. The van der Waals surface area contributed by atoms with E-state index >= 15 is 0 Å². The van der Waals surface area contributed by atoms with Gasteiger partial charge in [0.25, 0.3) is 0 Å². The Kier molecular flexibility index (Phi) is 7.32. The Bertz CT molecular complexity index is 420. The van der Waals surface area contributed by atoms with Crippen LogP contribution >= 0.6 is 11.6 Å². The fourth-order valence-corrected chi connectivity index (χ4v) is 1.83. The lowest BCUT2D eigenvalue weighted by molar-refractivity contribution is 0.323. The van der Waals surface area contributed by atoms with E-state index in [9.17, 15) is 0 Å². The third-order valence-corrected chi connectivity index (χ3v) is 2.74. The first-order chi connectivity index (χ1) is 8.79. The smallest absolute Gasteiger partial charge is 0.142 e. The molecule has 0 spiro atoms. The summed E-state index contributed by atoms with van der Waals surface area (Å²) in [6, 6.07) is 5.84. The molecule has 0 atom stereocenters. The van der Waals surface area contributed by atoms with Crippen molar-refractivity contribution < 1.29 is 4.74 Å². The summed E-state index contributed by atoms with van der Waals surface area (Å²) >= 11 is 6.17. The first-order valence-corrected chi connectivity index (χ1v) is 6.68. The summed E-state index contributed by atoms with van der Waals surface area (Å²) < 4.78 is 5.73. The van der Waals surface area contributed by atoms with Gasteiger partial charge in [-0.05, 0) is 26.0 Å². The van der Waals surface area contributed by atoms with Crippen LogP contribution < -0.4 is 10.1 Å². The largest absolute Gasteiger partial charge is 0.491 e. The zero-order valence-electron chi connectivity index (χ0n) is 11.1. The maximum absolute atomic E-state index is 6.17. The van der Waals surface area contributed by atoms with E-state index in [1.165, 1.54) is 0 Å². The van der Waals surface area contributed by atoms with Crippen LogP contribution in [0.4, 0.5) is 0 Å². The lowest BCUT2D eigenvalue weighted by Gasteiger charge is -2.12. The number of hydrogen-bond acceptors (Lipinski definition) is 2. The Hall–Kier alpha value is -1.17. The second-order valence-corrected chi connectivity index (χ2v) is 4.34. The van der Waals surface area contributed by atoms with E-state index in [0.717, 1.165) is 37.2 Å². The molecule has 0 bridgehead atoms. The van der Waals surface area contributed by atoms with Gasteiger partial charge in [0.1, 0.15) is 5.75 Å². The molecule has 0 aliphatic rings. The van der Waals surface area contributed by atoms with Gasteiger partial charge in [-0.1, -0.05) is 30.7 Å². The molecule has 1 aromatic rings. The molecular weight excluding hydrogens is 246 g/mol. The van der Waals surface area contributed by atoms with E-state index in [1.54, 1.807) is 0 Å². The van der Waals surface area contributed by atoms with Crippen LogP contribution in [-0.2, 0) is 6.54 Å². The molecule has 0 heterocycles. The molecule has 1 aromatic carbocycles. The average molecular weight is 266 g/mol.